The van der Waals surface area contributed by atoms with E-state index in [1.807, 2.05) is 41.1 Å². The van der Waals surface area contributed by atoms with Crippen molar-refractivity contribution in [2.75, 3.05) is 5.73 Å². The van der Waals surface area contributed by atoms with E-state index in [1.54, 1.807) is 16.0 Å². The molecular formula is C11H9N5S. The fourth-order valence-corrected chi connectivity index (χ4v) is 2.17. The highest BCUT2D eigenvalue weighted by Gasteiger charge is 2.10. The lowest BCUT2D eigenvalue weighted by Crippen LogP contribution is -1.98. The summed E-state index contributed by atoms with van der Waals surface area (Å²) in [6.45, 7) is 0. The molecule has 0 aliphatic heterocycles. The summed E-state index contributed by atoms with van der Waals surface area (Å²) in [7, 11) is 0. The first-order valence-corrected chi connectivity index (χ1v) is 5.96. The first-order chi connectivity index (χ1) is 8.34. The Labute approximate surface area is 102 Å². The van der Waals surface area contributed by atoms with E-state index in [0.29, 0.717) is 5.82 Å². The summed E-state index contributed by atoms with van der Waals surface area (Å²) in [4.78, 5) is 0. The van der Waals surface area contributed by atoms with Crippen LogP contribution in [0.1, 0.15) is 0 Å². The van der Waals surface area contributed by atoms with Crippen molar-refractivity contribution in [2.24, 2.45) is 0 Å². The molecule has 84 valence electrons. The number of tetrazole rings is 1. The van der Waals surface area contributed by atoms with Crippen LogP contribution in [0, 0.1) is 0 Å². The van der Waals surface area contributed by atoms with Gasteiger partial charge in [0.1, 0.15) is 0 Å². The fraction of sp³-hybridized carbons (Fsp3) is 0. The summed E-state index contributed by atoms with van der Waals surface area (Å²) in [6.07, 6.45) is 0. The maximum Gasteiger partial charge on any atom is 0.187 e. The highest BCUT2D eigenvalue weighted by molar-refractivity contribution is 7.08. The highest BCUT2D eigenvalue weighted by Crippen LogP contribution is 2.21. The largest absolute Gasteiger partial charge is 0.399 e. The molecule has 2 aromatic heterocycles. The third-order valence-corrected chi connectivity index (χ3v) is 3.06. The van der Waals surface area contributed by atoms with E-state index in [9.17, 15) is 0 Å². The van der Waals surface area contributed by atoms with E-state index in [4.69, 9.17) is 5.73 Å². The Morgan fingerprint density at radius 3 is 2.65 bits per heavy atom. The van der Waals surface area contributed by atoms with E-state index in [-0.39, 0.29) is 0 Å². The zero-order valence-corrected chi connectivity index (χ0v) is 9.63. The lowest BCUT2D eigenvalue weighted by atomic mass is 10.2. The predicted octanol–water partition coefficient (Wildman–Crippen LogP) is 1.97. The monoisotopic (exact) mass is 243 g/mol. The Hall–Kier alpha value is -2.21. The van der Waals surface area contributed by atoms with Crippen molar-refractivity contribution in [2.45, 2.75) is 0 Å². The van der Waals surface area contributed by atoms with Crippen LogP contribution in [0.3, 0.4) is 0 Å². The lowest BCUT2D eigenvalue weighted by Gasteiger charge is -2.02. The van der Waals surface area contributed by atoms with Gasteiger partial charge in [-0.2, -0.15) is 16.0 Å². The summed E-state index contributed by atoms with van der Waals surface area (Å²) in [5.41, 5.74) is 8.29. The molecule has 0 amide bonds. The minimum Gasteiger partial charge on any atom is -0.399 e. The second-order valence-electron chi connectivity index (χ2n) is 3.52. The van der Waals surface area contributed by atoms with E-state index in [1.165, 1.54) is 0 Å². The summed E-state index contributed by atoms with van der Waals surface area (Å²) < 4.78 is 1.71. The molecule has 0 saturated carbocycles. The van der Waals surface area contributed by atoms with Gasteiger partial charge in [-0.25, -0.2) is 0 Å². The maximum atomic E-state index is 5.66. The van der Waals surface area contributed by atoms with E-state index < -0.39 is 0 Å². The highest BCUT2D eigenvalue weighted by atomic mass is 32.1. The molecule has 1 aromatic carbocycles. The van der Waals surface area contributed by atoms with Crippen LogP contribution >= 0.6 is 11.3 Å². The molecule has 0 bridgehead atoms. The summed E-state index contributed by atoms with van der Waals surface area (Å²) in [5, 5.41) is 15.7. The van der Waals surface area contributed by atoms with Crippen molar-refractivity contribution in [1.82, 2.24) is 20.2 Å². The summed E-state index contributed by atoms with van der Waals surface area (Å²) >= 11 is 1.61. The molecule has 0 fully saturated rings. The minimum atomic E-state index is 0.711. The number of hydrogen-bond acceptors (Lipinski definition) is 5. The van der Waals surface area contributed by atoms with Gasteiger partial charge in [-0.05, 0) is 46.1 Å². The number of anilines is 1. The molecule has 0 saturated heterocycles. The van der Waals surface area contributed by atoms with Crippen molar-refractivity contribution in [3.8, 4) is 17.1 Å². The van der Waals surface area contributed by atoms with E-state index in [2.05, 4.69) is 15.5 Å². The molecule has 2 heterocycles. The molecule has 0 unspecified atom stereocenters. The number of aromatic nitrogens is 4. The SMILES string of the molecule is Nc1ccc(-c2nnnn2-c2ccsc2)cc1. The number of hydrogen-bond donors (Lipinski definition) is 1. The zero-order chi connectivity index (χ0) is 11.7. The Bertz CT molecular complexity index is 612. The molecule has 17 heavy (non-hydrogen) atoms. The van der Waals surface area contributed by atoms with Crippen LogP contribution in [-0.2, 0) is 0 Å². The third kappa shape index (κ3) is 1.78. The molecule has 3 rings (SSSR count). The van der Waals surface area contributed by atoms with E-state index >= 15 is 0 Å². The smallest absolute Gasteiger partial charge is 0.187 e. The van der Waals surface area contributed by atoms with E-state index in [0.717, 1.165) is 16.9 Å². The van der Waals surface area contributed by atoms with Gasteiger partial charge in [0.2, 0.25) is 0 Å². The molecule has 0 radical (unpaired) electrons. The number of thiophene rings is 1. The first-order valence-electron chi connectivity index (χ1n) is 5.01. The van der Waals surface area contributed by atoms with Crippen molar-refractivity contribution in [3.63, 3.8) is 0 Å². The number of nitrogens with zero attached hydrogens (tertiary/aromatic N) is 4. The van der Waals surface area contributed by atoms with Gasteiger partial charge in [-0.1, -0.05) is 0 Å². The topological polar surface area (TPSA) is 69.6 Å². The molecular weight excluding hydrogens is 234 g/mol. The Morgan fingerprint density at radius 1 is 1.12 bits per heavy atom. The van der Waals surface area contributed by atoms with Crippen LogP contribution in [0.5, 0.6) is 0 Å². The molecule has 5 nitrogen and oxygen atoms in total. The zero-order valence-electron chi connectivity index (χ0n) is 8.82. The number of nitrogen functional groups attached to an aromatic ring is 1. The molecule has 6 heteroatoms. The second kappa shape index (κ2) is 3.99. The summed E-state index contributed by atoms with van der Waals surface area (Å²) in [5.74, 6) is 0.711. The fourth-order valence-electron chi connectivity index (χ4n) is 1.55. The van der Waals surface area contributed by atoms with Crippen LogP contribution in [-0.4, -0.2) is 20.2 Å². The van der Waals surface area contributed by atoms with Crippen LogP contribution in [0.2, 0.25) is 0 Å². The minimum absolute atomic E-state index is 0.711. The first kappa shape index (κ1) is 9.98. The normalized spacial score (nSPS) is 10.6. The van der Waals surface area contributed by atoms with Crippen LogP contribution < -0.4 is 5.73 Å². The number of nitrogens with two attached hydrogens (primary N) is 1. The second-order valence-corrected chi connectivity index (χ2v) is 4.30. The van der Waals surface area contributed by atoms with Crippen LogP contribution in [0.4, 0.5) is 5.69 Å². The van der Waals surface area contributed by atoms with Gasteiger partial charge in [-0.15, -0.1) is 5.10 Å². The molecule has 0 aliphatic carbocycles. The Kier molecular flexibility index (Phi) is 2.34. The molecule has 0 aliphatic rings. The van der Waals surface area contributed by atoms with Gasteiger partial charge in [0, 0.05) is 16.6 Å². The van der Waals surface area contributed by atoms with Gasteiger partial charge in [0.15, 0.2) is 5.82 Å². The molecule has 3 aromatic rings. The Balaban J connectivity index is 2.10. The quantitative estimate of drug-likeness (QED) is 0.699. The predicted molar refractivity (Wildman–Crippen MR) is 66.9 cm³/mol. The molecule has 0 spiro atoms. The lowest BCUT2D eigenvalue weighted by molar-refractivity contribution is 0.793. The molecule has 0 atom stereocenters. The molecule has 2 N–H and O–H groups in total. The number of benzene rings is 1. The number of rotatable bonds is 2. The van der Waals surface area contributed by atoms with Gasteiger partial charge < -0.3 is 5.73 Å². The van der Waals surface area contributed by atoms with Gasteiger partial charge >= 0.3 is 0 Å². The Morgan fingerprint density at radius 2 is 1.94 bits per heavy atom. The van der Waals surface area contributed by atoms with Gasteiger partial charge in [0.25, 0.3) is 0 Å². The van der Waals surface area contributed by atoms with Gasteiger partial charge in [0.05, 0.1) is 5.69 Å². The van der Waals surface area contributed by atoms with Crippen molar-refractivity contribution in [1.29, 1.82) is 0 Å². The van der Waals surface area contributed by atoms with Crippen molar-refractivity contribution >= 4 is 17.0 Å². The summed E-state index contributed by atoms with van der Waals surface area (Å²) in [6, 6.07) is 9.46. The van der Waals surface area contributed by atoms with Crippen LogP contribution in [0.15, 0.2) is 41.1 Å². The van der Waals surface area contributed by atoms with Crippen molar-refractivity contribution < 1.29 is 0 Å². The third-order valence-electron chi connectivity index (χ3n) is 2.39. The average molecular weight is 243 g/mol. The maximum absolute atomic E-state index is 5.66. The van der Waals surface area contributed by atoms with Gasteiger partial charge in [-0.3, -0.25) is 0 Å². The van der Waals surface area contributed by atoms with Crippen LogP contribution in [0.25, 0.3) is 17.1 Å². The average Bonchev–Trinajstić information content (AvgIpc) is 3.00. The standard InChI is InChI=1S/C11H9N5S/c12-9-3-1-8(2-4-9)11-13-14-15-16(11)10-5-6-17-7-10/h1-7H,12H2. The van der Waals surface area contributed by atoms with Crippen molar-refractivity contribution in [3.05, 3.63) is 41.1 Å².